The van der Waals surface area contributed by atoms with Crippen molar-refractivity contribution in [3.05, 3.63) is 34.6 Å². The Morgan fingerprint density at radius 1 is 0.947 bits per heavy atom. The molecule has 1 atom stereocenters. The van der Waals surface area contributed by atoms with Crippen LogP contribution in [0.1, 0.15) is 31.9 Å². The number of rotatable bonds is 4. The fraction of sp³-hybridized carbons (Fsp3) is 0.385. The molecule has 19 heavy (non-hydrogen) atoms. The molecule has 0 fully saturated rings. The van der Waals surface area contributed by atoms with E-state index in [4.69, 9.17) is 0 Å². The van der Waals surface area contributed by atoms with Gasteiger partial charge in [0.1, 0.15) is 0 Å². The molecule has 0 saturated carbocycles. The normalized spacial score (nSPS) is 11.9. The molecule has 1 nitrogen and oxygen atoms in total. The van der Waals surface area contributed by atoms with Gasteiger partial charge in [0, 0.05) is 18.0 Å². The van der Waals surface area contributed by atoms with Gasteiger partial charge in [-0.15, -0.1) is 11.8 Å². The second-order valence-corrected chi connectivity index (χ2v) is 3.72. The van der Waals surface area contributed by atoms with Crippen LogP contribution >= 0.6 is 0 Å². The van der Waals surface area contributed by atoms with E-state index >= 15 is 0 Å². The van der Waals surface area contributed by atoms with Crippen LogP contribution in [0.25, 0.3) is 0 Å². The molecule has 1 N–H and O–H groups in total. The van der Waals surface area contributed by atoms with Gasteiger partial charge >= 0.3 is 0 Å². The molecule has 0 saturated heterocycles. The maximum Gasteiger partial charge on any atom is 0.200 e. The lowest BCUT2D eigenvalue weighted by Crippen LogP contribution is -2.24. The average Bonchev–Trinajstić information content (AvgIpc) is 2.40. The molecular weight excluding hydrogens is 265 g/mol. The molecule has 0 aliphatic rings. The first kappa shape index (κ1) is 15.4. The SMILES string of the molecule is CC#CCC(NCC)c1c(F)c(F)c(F)c(F)c1F. The van der Waals surface area contributed by atoms with Crippen LogP contribution in [-0.2, 0) is 0 Å². The van der Waals surface area contributed by atoms with Crippen molar-refractivity contribution in [3.63, 3.8) is 0 Å². The van der Waals surface area contributed by atoms with Gasteiger partial charge < -0.3 is 5.32 Å². The van der Waals surface area contributed by atoms with Crippen LogP contribution in [0.15, 0.2) is 0 Å². The molecule has 1 aromatic rings. The summed E-state index contributed by atoms with van der Waals surface area (Å²) in [6.07, 6.45) is -0.0529. The summed E-state index contributed by atoms with van der Waals surface area (Å²) < 4.78 is 66.3. The number of nitrogens with one attached hydrogen (secondary N) is 1. The minimum atomic E-state index is -2.16. The number of hydrogen-bond acceptors (Lipinski definition) is 1. The van der Waals surface area contributed by atoms with Gasteiger partial charge in [-0.25, -0.2) is 22.0 Å². The Hall–Kier alpha value is -1.61. The van der Waals surface area contributed by atoms with Gasteiger partial charge in [-0.1, -0.05) is 6.92 Å². The van der Waals surface area contributed by atoms with Gasteiger partial charge in [-0.05, 0) is 13.5 Å². The first-order valence-corrected chi connectivity index (χ1v) is 5.59. The lowest BCUT2D eigenvalue weighted by Gasteiger charge is -2.18. The van der Waals surface area contributed by atoms with Crippen LogP contribution < -0.4 is 5.32 Å². The molecule has 6 heteroatoms. The smallest absolute Gasteiger partial charge is 0.200 e. The van der Waals surface area contributed by atoms with E-state index in [0.29, 0.717) is 6.54 Å². The maximum atomic E-state index is 13.6. The lowest BCUT2D eigenvalue weighted by atomic mass is 10.0. The molecule has 1 unspecified atom stereocenters. The highest BCUT2D eigenvalue weighted by molar-refractivity contribution is 5.28. The van der Waals surface area contributed by atoms with Gasteiger partial charge in [-0.3, -0.25) is 0 Å². The third-order valence-electron chi connectivity index (χ3n) is 2.53. The maximum absolute atomic E-state index is 13.6. The molecule has 0 aliphatic heterocycles. The summed E-state index contributed by atoms with van der Waals surface area (Å²) >= 11 is 0. The van der Waals surface area contributed by atoms with Crippen molar-refractivity contribution >= 4 is 0 Å². The molecule has 1 aromatic carbocycles. The Morgan fingerprint density at radius 2 is 1.42 bits per heavy atom. The Kier molecular flexibility index (Phi) is 5.31. The van der Waals surface area contributed by atoms with Crippen LogP contribution in [0, 0.1) is 40.9 Å². The van der Waals surface area contributed by atoms with E-state index in [1.54, 1.807) is 6.92 Å². The molecule has 1 rings (SSSR count). The predicted octanol–water partition coefficient (Wildman–Crippen LogP) is 3.45. The predicted molar refractivity (Wildman–Crippen MR) is 60.7 cm³/mol. The molecule has 0 heterocycles. The zero-order valence-electron chi connectivity index (χ0n) is 10.4. The van der Waals surface area contributed by atoms with Crippen LogP contribution in [0.5, 0.6) is 0 Å². The van der Waals surface area contributed by atoms with Gasteiger partial charge in [0.05, 0.1) is 0 Å². The standard InChI is InChI=1S/C13H12F5N/c1-3-5-6-7(19-4-2)8-9(14)11(16)13(18)12(17)10(8)15/h7,19H,4,6H2,1-2H3. The second kappa shape index (κ2) is 6.53. The van der Waals surface area contributed by atoms with Crippen molar-refractivity contribution in [1.82, 2.24) is 5.32 Å². The second-order valence-electron chi connectivity index (χ2n) is 3.72. The van der Waals surface area contributed by atoms with Crippen LogP contribution in [0.3, 0.4) is 0 Å². The summed E-state index contributed by atoms with van der Waals surface area (Å²) in [6, 6.07) is -1.05. The summed E-state index contributed by atoms with van der Waals surface area (Å²) in [5, 5.41) is 2.65. The molecule has 0 spiro atoms. The number of hydrogen-bond donors (Lipinski definition) is 1. The van der Waals surface area contributed by atoms with Gasteiger partial charge in [0.25, 0.3) is 0 Å². The third-order valence-corrected chi connectivity index (χ3v) is 2.53. The van der Waals surface area contributed by atoms with Gasteiger partial charge in [0.15, 0.2) is 23.3 Å². The molecule has 0 amide bonds. The van der Waals surface area contributed by atoms with E-state index in [1.807, 2.05) is 0 Å². The number of benzene rings is 1. The van der Waals surface area contributed by atoms with E-state index in [-0.39, 0.29) is 6.42 Å². The molecular formula is C13H12F5N. The van der Waals surface area contributed by atoms with Crippen molar-refractivity contribution in [2.45, 2.75) is 26.3 Å². The highest BCUT2D eigenvalue weighted by Crippen LogP contribution is 2.29. The Bertz CT molecular complexity index is 501. The average molecular weight is 277 g/mol. The van der Waals surface area contributed by atoms with Crippen molar-refractivity contribution < 1.29 is 22.0 Å². The summed E-state index contributed by atoms with van der Waals surface area (Å²) in [4.78, 5) is 0. The van der Waals surface area contributed by atoms with E-state index in [0.717, 1.165) is 0 Å². The minimum absolute atomic E-state index is 0.0529. The highest BCUT2D eigenvalue weighted by atomic mass is 19.2. The minimum Gasteiger partial charge on any atom is -0.309 e. The zero-order valence-corrected chi connectivity index (χ0v) is 10.4. The van der Waals surface area contributed by atoms with E-state index in [9.17, 15) is 22.0 Å². The highest BCUT2D eigenvalue weighted by Gasteiger charge is 2.29. The van der Waals surface area contributed by atoms with Crippen molar-refractivity contribution in [2.75, 3.05) is 6.54 Å². The van der Waals surface area contributed by atoms with Crippen molar-refractivity contribution in [1.29, 1.82) is 0 Å². The topological polar surface area (TPSA) is 12.0 Å². The largest absolute Gasteiger partial charge is 0.309 e. The van der Waals surface area contributed by atoms with Crippen molar-refractivity contribution in [2.24, 2.45) is 0 Å². The third kappa shape index (κ3) is 3.04. The Balaban J connectivity index is 3.40. The fourth-order valence-electron chi connectivity index (χ4n) is 1.65. The molecule has 0 radical (unpaired) electrons. The fourth-order valence-corrected chi connectivity index (χ4v) is 1.65. The van der Waals surface area contributed by atoms with E-state index in [1.165, 1.54) is 6.92 Å². The van der Waals surface area contributed by atoms with Crippen molar-refractivity contribution in [3.8, 4) is 11.8 Å². The molecule has 0 bridgehead atoms. The first-order valence-electron chi connectivity index (χ1n) is 5.59. The first-order chi connectivity index (χ1) is 8.95. The summed E-state index contributed by atoms with van der Waals surface area (Å²) in [6.45, 7) is 3.47. The Morgan fingerprint density at radius 3 is 1.84 bits per heavy atom. The Labute approximate surface area is 107 Å². The monoisotopic (exact) mass is 277 g/mol. The van der Waals surface area contributed by atoms with E-state index in [2.05, 4.69) is 17.2 Å². The number of halogens is 5. The zero-order chi connectivity index (χ0) is 14.6. The van der Waals surface area contributed by atoms with Gasteiger partial charge in [0.2, 0.25) is 5.82 Å². The van der Waals surface area contributed by atoms with Crippen LogP contribution in [-0.4, -0.2) is 6.54 Å². The summed E-state index contributed by atoms with van der Waals surface area (Å²) in [5.74, 6) is -4.62. The molecule has 0 aliphatic carbocycles. The van der Waals surface area contributed by atoms with Crippen LogP contribution in [0.2, 0.25) is 0 Å². The quantitative estimate of drug-likeness (QED) is 0.385. The molecule has 104 valence electrons. The lowest BCUT2D eigenvalue weighted by molar-refractivity contribution is 0.357. The van der Waals surface area contributed by atoms with Gasteiger partial charge in [-0.2, -0.15) is 0 Å². The van der Waals surface area contributed by atoms with Crippen LogP contribution in [0.4, 0.5) is 22.0 Å². The summed E-state index contributed by atoms with van der Waals surface area (Å²) in [7, 11) is 0. The summed E-state index contributed by atoms with van der Waals surface area (Å²) in [5.41, 5.74) is -0.874. The molecule has 0 aromatic heterocycles. The van der Waals surface area contributed by atoms with E-state index < -0.39 is 40.7 Å².